The number of carboxylic acids is 1. The fourth-order valence-electron chi connectivity index (χ4n) is 2.08. The Bertz CT molecular complexity index is 436. The molecule has 0 saturated carbocycles. The van der Waals surface area contributed by atoms with Crippen molar-refractivity contribution in [2.24, 2.45) is 5.92 Å². The van der Waals surface area contributed by atoms with Gasteiger partial charge < -0.3 is 15.2 Å². The predicted octanol–water partition coefficient (Wildman–Crippen LogP) is 2.19. The molecule has 4 nitrogen and oxygen atoms in total. The molecule has 0 amide bonds. The van der Waals surface area contributed by atoms with Crippen LogP contribution in [0.15, 0.2) is 22.7 Å². The lowest BCUT2D eigenvalue weighted by molar-refractivity contribution is -0.141. The fourth-order valence-corrected chi connectivity index (χ4v) is 2.64. The molecule has 17 heavy (non-hydrogen) atoms. The van der Waals surface area contributed by atoms with E-state index in [4.69, 9.17) is 9.84 Å². The SMILES string of the molecule is COc1ccc(C2CC(C(=O)O)CN2)cc1Br. The molecule has 2 N–H and O–H groups in total. The quantitative estimate of drug-likeness (QED) is 0.898. The molecule has 2 atom stereocenters. The molecule has 0 aliphatic carbocycles. The molecule has 1 heterocycles. The number of halogens is 1. The third-order valence-electron chi connectivity index (χ3n) is 3.06. The van der Waals surface area contributed by atoms with E-state index >= 15 is 0 Å². The molecule has 1 aromatic carbocycles. The zero-order valence-corrected chi connectivity index (χ0v) is 11.0. The van der Waals surface area contributed by atoms with Gasteiger partial charge in [-0.15, -0.1) is 0 Å². The summed E-state index contributed by atoms with van der Waals surface area (Å²) in [6.45, 7) is 0.531. The molecule has 1 aliphatic heterocycles. The van der Waals surface area contributed by atoms with Crippen molar-refractivity contribution < 1.29 is 14.6 Å². The highest BCUT2D eigenvalue weighted by Gasteiger charge is 2.30. The number of benzene rings is 1. The van der Waals surface area contributed by atoms with Gasteiger partial charge in [-0.25, -0.2) is 0 Å². The Kier molecular flexibility index (Phi) is 3.69. The molecule has 0 bridgehead atoms. The Morgan fingerprint density at radius 2 is 2.35 bits per heavy atom. The first-order chi connectivity index (χ1) is 8.11. The fraction of sp³-hybridized carbons (Fsp3) is 0.417. The second-order valence-corrected chi connectivity index (χ2v) is 4.98. The third kappa shape index (κ3) is 2.61. The van der Waals surface area contributed by atoms with Gasteiger partial charge in [-0.3, -0.25) is 4.79 Å². The molecule has 1 aromatic rings. The molecule has 2 unspecified atom stereocenters. The van der Waals surface area contributed by atoms with E-state index in [2.05, 4.69) is 21.2 Å². The Morgan fingerprint density at radius 3 is 2.88 bits per heavy atom. The molecule has 0 radical (unpaired) electrons. The van der Waals surface area contributed by atoms with E-state index in [0.29, 0.717) is 13.0 Å². The Morgan fingerprint density at radius 1 is 1.59 bits per heavy atom. The van der Waals surface area contributed by atoms with Gasteiger partial charge in [-0.1, -0.05) is 6.07 Å². The minimum absolute atomic E-state index is 0.110. The smallest absolute Gasteiger partial charge is 0.307 e. The standard InChI is InChI=1S/C12H14BrNO3/c1-17-11-3-2-7(4-9(11)13)10-5-8(6-14-10)12(15)16/h2-4,8,10,14H,5-6H2,1H3,(H,15,16). The number of aliphatic carboxylic acids is 1. The molecule has 2 rings (SSSR count). The number of carbonyl (C=O) groups is 1. The lowest BCUT2D eigenvalue weighted by atomic mass is 10.0. The van der Waals surface area contributed by atoms with Crippen LogP contribution in [0.1, 0.15) is 18.0 Å². The minimum Gasteiger partial charge on any atom is -0.496 e. The van der Waals surface area contributed by atoms with Gasteiger partial charge >= 0.3 is 5.97 Å². The molecule has 1 fully saturated rings. The number of hydrogen-bond donors (Lipinski definition) is 2. The molecule has 0 spiro atoms. The largest absolute Gasteiger partial charge is 0.496 e. The number of methoxy groups -OCH3 is 1. The predicted molar refractivity (Wildman–Crippen MR) is 67.2 cm³/mol. The van der Waals surface area contributed by atoms with E-state index < -0.39 is 5.97 Å². The van der Waals surface area contributed by atoms with Crippen LogP contribution < -0.4 is 10.1 Å². The van der Waals surface area contributed by atoms with Gasteiger partial charge in [0.05, 0.1) is 17.5 Å². The van der Waals surface area contributed by atoms with Crippen molar-refractivity contribution in [2.45, 2.75) is 12.5 Å². The van der Waals surface area contributed by atoms with Gasteiger partial charge in [-0.2, -0.15) is 0 Å². The molecule has 0 aromatic heterocycles. The zero-order chi connectivity index (χ0) is 12.4. The van der Waals surface area contributed by atoms with E-state index in [1.165, 1.54) is 0 Å². The summed E-state index contributed by atoms with van der Waals surface area (Å²) >= 11 is 3.43. The second kappa shape index (κ2) is 5.06. The van der Waals surface area contributed by atoms with E-state index in [-0.39, 0.29) is 12.0 Å². The van der Waals surface area contributed by atoms with Crippen molar-refractivity contribution in [3.05, 3.63) is 28.2 Å². The van der Waals surface area contributed by atoms with Gasteiger partial charge in [0.15, 0.2) is 0 Å². The van der Waals surface area contributed by atoms with Crippen LogP contribution in [0.4, 0.5) is 0 Å². The highest BCUT2D eigenvalue weighted by molar-refractivity contribution is 9.10. The molecule has 92 valence electrons. The number of rotatable bonds is 3. The van der Waals surface area contributed by atoms with E-state index in [0.717, 1.165) is 15.8 Å². The highest BCUT2D eigenvalue weighted by atomic mass is 79.9. The summed E-state index contributed by atoms with van der Waals surface area (Å²) < 4.78 is 6.05. The first-order valence-corrected chi connectivity index (χ1v) is 6.20. The lowest BCUT2D eigenvalue weighted by Gasteiger charge is -2.12. The summed E-state index contributed by atoms with van der Waals surface area (Å²) in [6, 6.07) is 5.93. The van der Waals surface area contributed by atoms with Crippen molar-refractivity contribution in [2.75, 3.05) is 13.7 Å². The average Bonchev–Trinajstić information content (AvgIpc) is 2.78. The summed E-state index contributed by atoms with van der Waals surface area (Å²) in [4.78, 5) is 10.9. The maximum Gasteiger partial charge on any atom is 0.307 e. The monoisotopic (exact) mass is 299 g/mol. The van der Waals surface area contributed by atoms with E-state index in [1.807, 2.05) is 18.2 Å². The maximum absolute atomic E-state index is 10.9. The zero-order valence-electron chi connectivity index (χ0n) is 9.44. The van der Waals surface area contributed by atoms with Crippen LogP contribution in [0.5, 0.6) is 5.75 Å². The van der Waals surface area contributed by atoms with E-state index in [9.17, 15) is 4.79 Å². The summed E-state index contributed by atoms with van der Waals surface area (Å²) in [5, 5.41) is 12.2. The van der Waals surface area contributed by atoms with Crippen LogP contribution in [-0.2, 0) is 4.79 Å². The third-order valence-corrected chi connectivity index (χ3v) is 3.68. The first-order valence-electron chi connectivity index (χ1n) is 5.41. The van der Waals surface area contributed by atoms with Crippen LogP contribution >= 0.6 is 15.9 Å². The number of carboxylic acid groups (broad SMARTS) is 1. The summed E-state index contributed by atoms with van der Waals surface area (Å²) in [5.74, 6) is -0.241. The topological polar surface area (TPSA) is 58.6 Å². The second-order valence-electron chi connectivity index (χ2n) is 4.13. The Hall–Kier alpha value is -1.07. The van der Waals surface area contributed by atoms with Crippen molar-refractivity contribution in [3.63, 3.8) is 0 Å². The van der Waals surface area contributed by atoms with Gasteiger partial charge in [-0.05, 0) is 40.0 Å². The Balaban J connectivity index is 2.14. The first kappa shape index (κ1) is 12.4. The van der Waals surface area contributed by atoms with Gasteiger partial charge in [0.1, 0.15) is 5.75 Å². The molecule has 1 saturated heterocycles. The van der Waals surface area contributed by atoms with Crippen molar-refractivity contribution >= 4 is 21.9 Å². The summed E-state index contributed by atoms with van der Waals surface area (Å²) in [6.07, 6.45) is 0.633. The number of ether oxygens (including phenoxy) is 1. The summed E-state index contributed by atoms with van der Waals surface area (Å²) in [7, 11) is 1.62. The van der Waals surface area contributed by atoms with Crippen LogP contribution in [0, 0.1) is 5.92 Å². The maximum atomic E-state index is 10.9. The van der Waals surface area contributed by atoms with Gasteiger partial charge in [0, 0.05) is 12.6 Å². The van der Waals surface area contributed by atoms with E-state index in [1.54, 1.807) is 7.11 Å². The number of nitrogens with one attached hydrogen (secondary N) is 1. The van der Waals surface area contributed by atoms with Crippen molar-refractivity contribution in [1.82, 2.24) is 5.32 Å². The van der Waals surface area contributed by atoms with Crippen LogP contribution in [0.25, 0.3) is 0 Å². The summed E-state index contributed by atoms with van der Waals surface area (Å²) in [5.41, 5.74) is 1.08. The highest BCUT2D eigenvalue weighted by Crippen LogP contribution is 2.32. The minimum atomic E-state index is -0.729. The van der Waals surface area contributed by atoms with Crippen LogP contribution in [0.3, 0.4) is 0 Å². The Labute approximate surface area is 108 Å². The van der Waals surface area contributed by atoms with Crippen LogP contribution in [-0.4, -0.2) is 24.7 Å². The van der Waals surface area contributed by atoms with Crippen LogP contribution in [0.2, 0.25) is 0 Å². The molecule has 1 aliphatic rings. The number of hydrogen-bond acceptors (Lipinski definition) is 3. The molecule has 5 heteroatoms. The normalized spacial score (nSPS) is 23.6. The van der Waals surface area contributed by atoms with Crippen molar-refractivity contribution in [1.29, 1.82) is 0 Å². The molecular weight excluding hydrogens is 286 g/mol. The van der Waals surface area contributed by atoms with Gasteiger partial charge in [0.25, 0.3) is 0 Å². The van der Waals surface area contributed by atoms with Crippen molar-refractivity contribution in [3.8, 4) is 5.75 Å². The van der Waals surface area contributed by atoms with Gasteiger partial charge in [0.2, 0.25) is 0 Å². The lowest BCUT2D eigenvalue weighted by Crippen LogP contribution is -2.17. The average molecular weight is 300 g/mol. The molecular formula is C12H14BrNO3.